The first-order valence-electron chi connectivity index (χ1n) is 10.8. The van der Waals surface area contributed by atoms with Crippen molar-refractivity contribution in [3.63, 3.8) is 0 Å². The van der Waals surface area contributed by atoms with Gasteiger partial charge in [-0.2, -0.15) is 0 Å². The van der Waals surface area contributed by atoms with Crippen LogP contribution in [-0.2, 0) is 14.0 Å². The van der Waals surface area contributed by atoms with Crippen LogP contribution in [0.2, 0.25) is 0 Å². The molecule has 0 radical (unpaired) electrons. The van der Waals surface area contributed by atoms with E-state index in [1.807, 2.05) is 53.7 Å². The van der Waals surface area contributed by atoms with E-state index in [1.54, 1.807) is 24.3 Å². The number of hydrogen-bond donors (Lipinski definition) is 0. The Bertz CT molecular complexity index is 751. The van der Waals surface area contributed by atoms with Crippen molar-refractivity contribution in [3.8, 4) is 5.75 Å². The second-order valence-electron chi connectivity index (χ2n) is 7.90. The molecule has 0 bridgehead atoms. The van der Waals surface area contributed by atoms with Gasteiger partial charge in [0.15, 0.2) is 0 Å². The van der Waals surface area contributed by atoms with Gasteiger partial charge in [-0.3, -0.25) is 4.79 Å². The van der Waals surface area contributed by atoms with Crippen molar-refractivity contribution in [2.24, 2.45) is 0 Å². The first kappa shape index (κ1) is 26.9. The largest absolute Gasteiger partial charge is 0.499 e. The van der Waals surface area contributed by atoms with Gasteiger partial charge in [0.25, 0.3) is 0 Å². The summed E-state index contributed by atoms with van der Waals surface area (Å²) in [5, 5.41) is 0. The molecule has 0 unspecified atom stereocenters. The Hall–Kier alpha value is -2.15. The molecule has 0 saturated carbocycles. The van der Waals surface area contributed by atoms with Gasteiger partial charge in [0.2, 0.25) is 0 Å². The molecule has 0 amide bonds. The Morgan fingerprint density at radius 3 is 2.29 bits per heavy atom. The molecule has 1 aliphatic rings. The molecule has 0 aliphatic carbocycles. The van der Waals surface area contributed by atoms with Crippen molar-refractivity contribution in [2.75, 3.05) is 19.8 Å². The molecule has 1 aliphatic heterocycles. The Kier molecular flexibility index (Phi) is 11.0. The number of benzene rings is 1. The lowest BCUT2D eigenvalue weighted by molar-refractivity contribution is 0.00578. The van der Waals surface area contributed by atoms with Crippen molar-refractivity contribution >= 4 is 18.9 Å². The predicted octanol–water partition coefficient (Wildman–Crippen LogP) is 4.91. The van der Waals surface area contributed by atoms with E-state index in [4.69, 9.17) is 18.8 Å². The summed E-state index contributed by atoms with van der Waals surface area (Å²) in [6, 6.07) is 5.36. The van der Waals surface area contributed by atoms with E-state index in [2.05, 4.69) is 13.2 Å². The number of ether oxygens (including phenoxy) is 2. The van der Waals surface area contributed by atoms with E-state index in [-0.39, 0.29) is 0 Å². The highest BCUT2D eigenvalue weighted by Crippen LogP contribution is 2.37. The fraction of sp³-hybridized carbons (Fsp3) is 0.480. The van der Waals surface area contributed by atoms with Gasteiger partial charge in [-0.05, 0) is 39.3 Å². The lowest BCUT2D eigenvalue weighted by atomic mass is 9.75. The molecule has 1 heterocycles. The third-order valence-corrected chi connectivity index (χ3v) is 5.27. The van der Waals surface area contributed by atoms with Crippen LogP contribution in [0.25, 0.3) is 0 Å². The van der Waals surface area contributed by atoms with Crippen molar-refractivity contribution < 1.29 is 23.6 Å². The zero-order valence-corrected chi connectivity index (χ0v) is 19.9. The van der Waals surface area contributed by atoms with Gasteiger partial charge in [0.05, 0.1) is 31.0 Å². The van der Waals surface area contributed by atoms with E-state index in [0.717, 1.165) is 11.9 Å². The van der Waals surface area contributed by atoms with E-state index in [0.29, 0.717) is 43.0 Å². The van der Waals surface area contributed by atoms with Gasteiger partial charge in [-0.15, -0.1) is 0 Å². The molecule has 1 saturated heterocycles. The highest BCUT2D eigenvalue weighted by molar-refractivity contribution is 6.64. The van der Waals surface area contributed by atoms with E-state index < -0.39 is 18.3 Å². The van der Waals surface area contributed by atoms with Crippen LogP contribution in [0.15, 0.2) is 55.2 Å². The monoisotopic (exact) mass is 428 g/mol. The zero-order chi connectivity index (χ0) is 23.5. The average molecular weight is 428 g/mol. The summed E-state index contributed by atoms with van der Waals surface area (Å²) in [5.74, 6) is 0.589. The average Bonchev–Trinajstić information content (AvgIpc) is 2.97. The topological polar surface area (TPSA) is 54.0 Å². The van der Waals surface area contributed by atoms with Crippen molar-refractivity contribution in [1.29, 1.82) is 0 Å². The first-order valence-corrected chi connectivity index (χ1v) is 10.8. The SMILES string of the molecule is C=C/C=C(\C=C)COCCCOc1cccc(C=O)c1B1OC(C)(C)C(C)(C)O1.CC. The van der Waals surface area contributed by atoms with Crippen molar-refractivity contribution in [1.82, 2.24) is 0 Å². The quantitative estimate of drug-likeness (QED) is 0.217. The maximum atomic E-state index is 11.6. The van der Waals surface area contributed by atoms with Crippen LogP contribution in [0, 0.1) is 0 Å². The maximum Gasteiger partial charge on any atom is 0.499 e. The Morgan fingerprint density at radius 1 is 1.10 bits per heavy atom. The van der Waals surface area contributed by atoms with Gasteiger partial charge in [-0.1, -0.05) is 57.4 Å². The van der Waals surface area contributed by atoms with Crippen LogP contribution in [0.4, 0.5) is 0 Å². The number of hydrogen-bond acceptors (Lipinski definition) is 5. The minimum Gasteiger partial charge on any atom is -0.494 e. The van der Waals surface area contributed by atoms with Crippen LogP contribution < -0.4 is 10.2 Å². The Morgan fingerprint density at radius 2 is 1.74 bits per heavy atom. The molecule has 0 N–H and O–H groups in total. The molecule has 1 fully saturated rings. The van der Waals surface area contributed by atoms with Gasteiger partial charge < -0.3 is 18.8 Å². The number of aldehydes is 1. The molecule has 0 spiro atoms. The molecule has 5 nitrogen and oxygen atoms in total. The molecule has 0 aromatic heterocycles. The van der Waals surface area contributed by atoms with Gasteiger partial charge in [0, 0.05) is 17.4 Å². The van der Waals surface area contributed by atoms with Gasteiger partial charge in [-0.25, -0.2) is 0 Å². The summed E-state index contributed by atoms with van der Waals surface area (Å²) >= 11 is 0. The zero-order valence-electron chi connectivity index (χ0n) is 19.9. The maximum absolute atomic E-state index is 11.6. The minimum atomic E-state index is -0.660. The molecule has 1 aromatic rings. The van der Waals surface area contributed by atoms with Crippen LogP contribution in [-0.4, -0.2) is 44.4 Å². The number of carbonyl (C=O) groups is 1. The standard InChI is InChI=1S/C23H31BO5.C2H6/c1-7-11-18(8-2)17-26-14-10-15-27-20-13-9-12-19(16-25)21(20)24-28-22(3,4)23(5,6)29-24;1-2/h7-9,11-13,16H,1-2,10,14-15,17H2,3-6H3;1-2H3/b18-11+;. The lowest BCUT2D eigenvalue weighted by Crippen LogP contribution is -2.41. The van der Waals surface area contributed by atoms with Crippen LogP contribution in [0.5, 0.6) is 5.75 Å². The van der Waals surface area contributed by atoms with Crippen LogP contribution >= 0.6 is 0 Å². The number of allylic oxidation sites excluding steroid dienone is 2. The smallest absolute Gasteiger partial charge is 0.494 e. The third kappa shape index (κ3) is 7.20. The summed E-state index contributed by atoms with van der Waals surface area (Å²) in [7, 11) is -0.660. The molecule has 2 rings (SSSR count). The molecular weight excluding hydrogens is 391 g/mol. The highest BCUT2D eigenvalue weighted by atomic mass is 16.7. The highest BCUT2D eigenvalue weighted by Gasteiger charge is 2.53. The van der Waals surface area contributed by atoms with Crippen LogP contribution in [0.3, 0.4) is 0 Å². The van der Waals surface area contributed by atoms with Gasteiger partial charge in [0.1, 0.15) is 12.0 Å². The summed E-state index contributed by atoms with van der Waals surface area (Å²) in [5.41, 5.74) is 1.11. The minimum absolute atomic E-state index is 0.448. The second-order valence-corrected chi connectivity index (χ2v) is 7.90. The third-order valence-electron chi connectivity index (χ3n) is 5.27. The number of carbonyl (C=O) groups excluding carboxylic acids is 1. The van der Waals surface area contributed by atoms with Crippen LogP contribution in [0.1, 0.15) is 58.3 Å². The molecule has 170 valence electrons. The number of rotatable bonds is 11. The molecular formula is C25H37BO5. The molecule has 0 atom stereocenters. The van der Waals surface area contributed by atoms with E-state index in [9.17, 15) is 4.79 Å². The predicted molar refractivity (Wildman–Crippen MR) is 128 cm³/mol. The first-order chi connectivity index (χ1) is 14.8. The Balaban J connectivity index is 0.00000233. The fourth-order valence-electron chi connectivity index (χ4n) is 2.86. The second kappa shape index (κ2) is 12.6. The summed E-state index contributed by atoms with van der Waals surface area (Å²) in [4.78, 5) is 11.6. The van der Waals surface area contributed by atoms with Crippen molar-refractivity contribution in [3.05, 3.63) is 60.7 Å². The Labute approximate surface area is 188 Å². The lowest BCUT2D eigenvalue weighted by Gasteiger charge is -2.32. The molecule has 31 heavy (non-hydrogen) atoms. The molecule has 1 aromatic carbocycles. The van der Waals surface area contributed by atoms with Crippen molar-refractivity contribution in [2.45, 2.75) is 59.2 Å². The van der Waals surface area contributed by atoms with E-state index >= 15 is 0 Å². The fourth-order valence-corrected chi connectivity index (χ4v) is 2.86. The van der Waals surface area contributed by atoms with E-state index in [1.165, 1.54) is 0 Å². The summed E-state index contributed by atoms with van der Waals surface area (Å²) < 4.78 is 23.9. The summed E-state index contributed by atoms with van der Waals surface area (Å²) in [6.45, 7) is 20.8. The normalized spacial score (nSPS) is 16.8. The van der Waals surface area contributed by atoms with Gasteiger partial charge >= 0.3 is 7.12 Å². The summed E-state index contributed by atoms with van der Waals surface area (Å²) in [6.07, 6.45) is 6.83. The molecule has 6 heteroatoms.